The van der Waals surface area contributed by atoms with Crippen molar-refractivity contribution < 1.29 is 4.39 Å². The second kappa shape index (κ2) is 4.03. The fraction of sp³-hybridized carbons (Fsp3) is 0.188. The quantitative estimate of drug-likeness (QED) is 0.720. The summed E-state index contributed by atoms with van der Waals surface area (Å²) in [7, 11) is 0. The van der Waals surface area contributed by atoms with E-state index in [1.165, 1.54) is 17.7 Å². The van der Waals surface area contributed by atoms with Crippen molar-refractivity contribution in [3.8, 4) is 0 Å². The first-order valence-electron chi connectivity index (χ1n) is 6.60. The van der Waals surface area contributed by atoms with Gasteiger partial charge in [0.15, 0.2) is 0 Å². The lowest BCUT2D eigenvalue weighted by Crippen LogP contribution is -2.07. The van der Waals surface area contributed by atoms with E-state index in [0.717, 1.165) is 33.8 Å². The van der Waals surface area contributed by atoms with E-state index in [4.69, 9.17) is 5.73 Å². The fourth-order valence-electron chi connectivity index (χ4n) is 2.66. The number of hydrogen-bond acceptors (Lipinski definition) is 3. The molecule has 1 saturated carbocycles. The molecule has 0 atom stereocenters. The lowest BCUT2D eigenvalue weighted by atomic mass is 9.96. The van der Waals surface area contributed by atoms with Crippen LogP contribution in [-0.2, 0) is 5.41 Å². The molecule has 1 fully saturated rings. The average molecular weight is 284 g/mol. The Balaban J connectivity index is 1.83. The Bertz CT molecular complexity index is 788. The number of nitrogens with two attached hydrogens (primary N) is 1. The maximum atomic E-state index is 13.3. The predicted molar refractivity (Wildman–Crippen MR) is 80.4 cm³/mol. The summed E-state index contributed by atoms with van der Waals surface area (Å²) < 4.78 is 14.3. The first-order chi connectivity index (χ1) is 9.67. The highest BCUT2D eigenvalue weighted by molar-refractivity contribution is 7.18. The van der Waals surface area contributed by atoms with E-state index in [1.807, 2.05) is 18.2 Å². The highest BCUT2D eigenvalue weighted by Crippen LogP contribution is 2.55. The molecule has 100 valence electrons. The molecule has 0 radical (unpaired) electrons. The summed E-state index contributed by atoms with van der Waals surface area (Å²) in [6.07, 6.45) is 2.19. The molecule has 4 heteroatoms. The molecule has 0 unspecified atom stereocenters. The van der Waals surface area contributed by atoms with E-state index < -0.39 is 0 Å². The predicted octanol–water partition coefficient (Wildman–Crippen LogP) is 4.10. The Hall–Kier alpha value is -1.94. The third-order valence-electron chi connectivity index (χ3n) is 3.97. The van der Waals surface area contributed by atoms with Crippen LogP contribution in [0, 0.1) is 5.82 Å². The standard InChI is InChI=1S/C16H13FN2S/c17-11-3-6-14-13(9-11)19-15(20-14)16(7-8-16)10-1-4-12(18)5-2-10/h1-6,9H,7-8,18H2. The SMILES string of the molecule is Nc1ccc(C2(c3nc4cc(F)ccc4s3)CC2)cc1. The molecular formula is C16H13FN2S. The van der Waals surface area contributed by atoms with Crippen molar-refractivity contribution in [2.75, 3.05) is 5.73 Å². The monoisotopic (exact) mass is 284 g/mol. The highest BCUT2D eigenvalue weighted by atomic mass is 32.1. The Morgan fingerprint density at radius 3 is 2.55 bits per heavy atom. The minimum atomic E-state index is -0.230. The minimum absolute atomic E-state index is 0.0217. The number of nitrogen functional groups attached to an aromatic ring is 1. The van der Waals surface area contributed by atoms with E-state index >= 15 is 0 Å². The van der Waals surface area contributed by atoms with Gasteiger partial charge in [-0.05, 0) is 42.7 Å². The number of thiazole rings is 1. The molecular weight excluding hydrogens is 271 g/mol. The maximum absolute atomic E-state index is 13.3. The minimum Gasteiger partial charge on any atom is -0.399 e. The number of fused-ring (bicyclic) bond motifs is 1. The van der Waals surface area contributed by atoms with Crippen molar-refractivity contribution in [2.45, 2.75) is 18.3 Å². The van der Waals surface area contributed by atoms with Gasteiger partial charge in [-0.25, -0.2) is 9.37 Å². The van der Waals surface area contributed by atoms with Crippen LogP contribution < -0.4 is 5.73 Å². The van der Waals surface area contributed by atoms with Crippen LogP contribution in [0.3, 0.4) is 0 Å². The van der Waals surface area contributed by atoms with Crippen LogP contribution in [0.5, 0.6) is 0 Å². The number of hydrogen-bond donors (Lipinski definition) is 1. The number of nitrogens with zero attached hydrogens (tertiary/aromatic N) is 1. The Morgan fingerprint density at radius 1 is 1.10 bits per heavy atom. The van der Waals surface area contributed by atoms with E-state index in [-0.39, 0.29) is 11.2 Å². The first kappa shape index (κ1) is 11.9. The normalized spacial score (nSPS) is 16.4. The van der Waals surface area contributed by atoms with Gasteiger partial charge in [-0.3, -0.25) is 0 Å². The van der Waals surface area contributed by atoms with Crippen molar-refractivity contribution in [1.29, 1.82) is 0 Å². The van der Waals surface area contributed by atoms with Gasteiger partial charge >= 0.3 is 0 Å². The van der Waals surface area contributed by atoms with Gasteiger partial charge in [0.2, 0.25) is 0 Å². The van der Waals surface area contributed by atoms with Crippen LogP contribution in [0.4, 0.5) is 10.1 Å². The summed E-state index contributed by atoms with van der Waals surface area (Å²) in [5.41, 5.74) is 8.56. The molecule has 2 N–H and O–H groups in total. The van der Waals surface area contributed by atoms with Crippen LogP contribution in [0.25, 0.3) is 10.2 Å². The molecule has 0 amide bonds. The van der Waals surface area contributed by atoms with E-state index in [1.54, 1.807) is 11.3 Å². The number of anilines is 1. The number of rotatable bonds is 2. The van der Waals surface area contributed by atoms with Gasteiger partial charge in [-0.15, -0.1) is 11.3 Å². The molecule has 3 aromatic rings. The molecule has 0 bridgehead atoms. The van der Waals surface area contributed by atoms with Crippen LogP contribution in [0.2, 0.25) is 0 Å². The summed E-state index contributed by atoms with van der Waals surface area (Å²) in [6.45, 7) is 0. The zero-order chi connectivity index (χ0) is 13.7. The van der Waals surface area contributed by atoms with E-state index in [2.05, 4.69) is 17.1 Å². The molecule has 0 spiro atoms. The second-order valence-corrected chi connectivity index (χ2v) is 6.37. The van der Waals surface area contributed by atoms with E-state index in [0.29, 0.717) is 0 Å². The highest BCUT2D eigenvalue weighted by Gasteiger charge is 2.48. The van der Waals surface area contributed by atoms with Crippen LogP contribution >= 0.6 is 11.3 Å². The summed E-state index contributed by atoms with van der Waals surface area (Å²) in [5, 5.41) is 1.09. The van der Waals surface area contributed by atoms with Crippen molar-refractivity contribution in [3.63, 3.8) is 0 Å². The van der Waals surface area contributed by atoms with Crippen molar-refractivity contribution in [1.82, 2.24) is 4.98 Å². The summed E-state index contributed by atoms with van der Waals surface area (Å²) >= 11 is 1.67. The molecule has 20 heavy (non-hydrogen) atoms. The first-order valence-corrected chi connectivity index (χ1v) is 7.42. The third kappa shape index (κ3) is 1.72. The Morgan fingerprint density at radius 2 is 1.85 bits per heavy atom. The number of benzene rings is 2. The molecule has 1 aliphatic rings. The zero-order valence-corrected chi connectivity index (χ0v) is 11.6. The fourth-order valence-corrected chi connectivity index (χ4v) is 3.87. The zero-order valence-electron chi connectivity index (χ0n) is 10.8. The van der Waals surface area contributed by atoms with Crippen LogP contribution in [0.15, 0.2) is 42.5 Å². The lowest BCUT2D eigenvalue weighted by molar-refractivity contribution is 0.629. The van der Waals surface area contributed by atoms with Gasteiger partial charge in [0.1, 0.15) is 10.8 Å². The summed E-state index contributed by atoms with van der Waals surface area (Å²) in [5.74, 6) is -0.230. The van der Waals surface area contributed by atoms with Crippen LogP contribution in [-0.4, -0.2) is 4.98 Å². The second-order valence-electron chi connectivity index (χ2n) is 5.34. The summed E-state index contributed by atoms with van der Waals surface area (Å²) in [6, 6.07) is 12.8. The average Bonchev–Trinajstić information content (AvgIpc) is 3.14. The molecule has 1 aromatic heterocycles. The van der Waals surface area contributed by atoms with Gasteiger partial charge in [-0.1, -0.05) is 12.1 Å². The molecule has 0 saturated heterocycles. The topological polar surface area (TPSA) is 38.9 Å². The molecule has 2 aromatic carbocycles. The third-order valence-corrected chi connectivity index (χ3v) is 5.21. The van der Waals surface area contributed by atoms with Crippen molar-refractivity contribution in [3.05, 3.63) is 58.9 Å². The summed E-state index contributed by atoms with van der Waals surface area (Å²) in [4.78, 5) is 4.65. The van der Waals surface area contributed by atoms with Gasteiger partial charge in [0.05, 0.1) is 10.2 Å². The Kier molecular flexibility index (Phi) is 2.39. The van der Waals surface area contributed by atoms with Gasteiger partial charge in [0, 0.05) is 17.2 Å². The number of aromatic nitrogens is 1. The van der Waals surface area contributed by atoms with Crippen molar-refractivity contribution >= 4 is 27.2 Å². The van der Waals surface area contributed by atoms with Crippen LogP contribution in [0.1, 0.15) is 23.4 Å². The maximum Gasteiger partial charge on any atom is 0.125 e. The Labute approximate surface area is 120 Å². The van der Waals surface area contributed by atoms with Gasteiger partial charge in [-0.2, -0.15) is 0 Å². The smallest absolute Gasteiger partial charge is 0.125 e. The number of halogens is 1. The van der Waals surface area contributed by atoms with Gasteiger partial charge < -0.3 is 5.73 Å². The molecule has 1 heterocycles. The molecule has 4 rings (SSSR count). The molecule has 0 aliphatic heterocycles. The van der Waals surface area contributed by atoms with E-state index in [9.17, 15) is 4.39 Å². The molecule has 2 nitrogen and oxygen atoms in total. The largest absolute Gasteiger partial charge is 0.399 e. The van der Waals surface area contributed by atoms with Crippen molar-refractivity contribution in [2.24, 2.45) is 0 Å². The lowest BCUT2D eigenvalue weighted by Gasteiger charge is -2.12. The molecule has 1 aliphatic carbocycles. The van der Waals surface area contributed by atoms with Gasteiger partial charge in [0.25, 0.3) is 0 Å².